The van der Waals surface area contributed by atoms with Crippen molar-refractivity contribution in [3.05, 3.63) is 0 Å². The van der Waals surface area contributed by atoms with Crippen LogP contribution >= 0.6 is 0 Å². The summed E-state index contributed by atoms with van der Waals surface area (Å²) in [6.07, 6.45) is 3.02. The van der Waals surface area contributed by atoms with Gasteiger partial charge in [-0.25, -0.2) is 0 Å². The van der Waals surface area contributed by atoms with Crippen molar-refractivity contribution in [1.82, 2.24) is 18.8 Å². The molecule has 0 saturated carbocycles. The molecule has 8 heteroatoms. The summed E-state index contributed by atoms with van der Waals surface area (Å²) in [7, 11) is -0.321. The molecule has 2 aliphatic heterocycles. The summed E-state index contributed by atoms with van der Waals surface area (Å²) >= 11 is 0. The molecule has 1 amide bonds. The van der Waals surface area contributed by atoms with E-state index in [2.05, 4.69) is 5.32 Å². The second-order valence-corrected chi connectivity index (χ2v) is 8.34. The lowest BCUT2D eigenvalue weighted by molar-refractivity contribution is -0.140. The molecule has 0 aliphatic carbocycles. The first-order valence-electron chi connectivity index (χ1n) is 7.49. The van der Waals surface area contributed by atoms with Crippen LogP contribution in [0.4, 0.5) is 0 Å². The van der Waals surface area contributed by atoms with Crippen LogP contribution in [0.25, 0.3) is 0 Å². The third kappa shape index (κ3) is 3.39. The number of hydrogen-bond donors (Lipinski definition) is 1. The van der Waals surface area contributed by atoms with E-state index in [4.69, 9.17) is 0 Å². The molecular weight excluding hydrogens is 292 g/mol. The van der Waals surface area contributed by atoms with Crippen molar-refractivity contribution in [3.63, 3.8) is 0 Å². The molecule has 21 heavy (non-hydrogen) atoms. The maximum absolute atomic E-state index is 12.7. The Hall–Kier alpha value is -0.700. The molecule has 122 valence electrons. The van der Waals surface area contributed by atoms with E-state index in [-0.39, 0.29) is 5.91 Å². The number of hydrogen-bond acceptors (Lipinski definition) is 4. The third-order valence-electron chi connectivity index (χ3n) is 4.40. The molecule has 1 atom stereocenters. The Morgan fingerprint density at radius 1 is 1.14 bits per heavy atom. The van der Waals surface area contributed by atoms with Gasteiger partial charge in [-0.1, -0.05) is 0 Å². The molecule has 2 aliphatic rings. The number of nitrogens with zero attached hydrogens (tertiary/aromatic N) is 3. The first-order valence-corrected chi connectivity index (χ1v) is 8.89. The number of piperidine rings is 1. The van der Waals surface area contributed by atoms with Gasteiger partial charge in [-0.3, -0.25) is 4.79 Å². The standard InChI is InChI=1S/C13H26N4O3S/c1-13(6-4-5-7-14-13)12(18)16-8-10-17(11-9-16)21(19,20)15(2)3/h14H,4-11H2,1-3H3. The van der Waals surface area contributed by atoms with Gasteiger partial charge in [-0.2, -0.15) is 17.0 Å². The maximum atomic E-state index is 12.7. The molecule has 2 heterocycles. The van der Waals surface area contributed by atoms with E-state index in [1.807, 2.05) is 6.92 Å². The normalized spacial score (nSPS) is 28.9. The highest BCUT2D eigenvalue weighted by molar-refractivity contribution is 7.86. The van der Waals surface area contributed by atoms with Crippen molar-refractivity contribution in [2.24, 2.45) is 0 Å². The summed E-state index contributed by atoms with van der Waals surface area (Å²) < 4.78 is 26.8. The van der Waals surface area contributed by atoms with E-state index < -0.39 is 15.7 Å². The third-order valence-corrected chi connectivity index (χ3v) is 6.34. The molecule has 2 fully saturated rings. The van der Waals surface area contributed by atoms with E-state index in [1.165, 1.54) is 22.7 Å². The van der Waals surface area contributed by atoms with E-state index in [1.54, 1.807) is 4.90 Å². The van der Waals surface area contributed by atoms with E-state index >= 15 is 0 Å². The van der Waals surface area contributed by atoms with Crippen molar-refractivity contribution >= 4 is 16.1 Å². The second-order valence-electron chi connectivity index (χ2n) is 6.20. The zero-order chi connectivity index (χ0) is 15.7. The Balaban J connectivity index is 1.96. The second kappa shape index (κ2) is 6.20. The van der Waals surface area contributed by atoms with Gasteiger partial charge >= 0.3 is 0 Å². The molecule has 0 aromatic heterocycles. The van der Waals surface area contributed by atoms with Crippen LogP contribution in [-0.2, 0) is 15.0 Å². The summed E-state index contributed by atoms with van der Waals surface area (Å²) in [4.78, 5) is 14.4. The number of carbonyl (C=O) groups is 1. The fourth-order valence-corrected chi connectivity index (χ4v) is 4.03. The van der Waals surface area contributed by atoms with Crippen molar-refractivity contribution in [3.8, 4) is 0 Å². The Morgan fingerprint density at radius 2 is 1.76 bits per heavy atom. The maximum Gasteiger partial charge on any atom is 0.281 e. The van der Waals surface area contributed by atoms with Crippen LogP contribution in [0.5, 0.6) is 0 Å². The van der Waals surface area contributed by atoms with Crippen molar-refractivity contribution in [1.29, 1.82) is 0 Å². The number of nitrogens with one attached hydrogen (secondary N) is 1. The van der Waals surface area contributed by atoms with E-state index in [0.717, 1.165) is 25.8 Å². The monoisotopic (exact) mass is 318 g/mol. The van der Waals surface area contributed by atoms with Gasteiger partial charge in [0.25, 0.3) is 10.2 Å². The van der Waals surface area contributed by atoms with E-state index in [0.29, 0.717) is 26.2 Å². The Bertz CT molecular complexity index is 478. The SMILES string of the molecule is CN(C)S(=O)(=O)N1CCN(C(=O)C2(C)CCCCN2)CC1. The lowest BCUT2D eigenvalue weighted by Crippen LogP contribution is -2.62. The van der Waals surface area contributed by atoms with Gasteiger partial charge in [-0.05, 0) is 32.7 Å². The smallest absolute Gasteiger partial charge is 0.281 e. The van der Waals surface area contributed by atoms with Crippen LogP contribution in [0.3, 0.4) is 0 Å². The number of amides is 1. The quantitative estimate of drug-likeness (QED) is 0.759. The first kappa shape index (κ1) is 16.7. The minimum Gasteiger partial charge on any atom is -0.338 e. The molecule has 0 bridgehead atoms. The highest BCUT2D eigenvalue weighted by Crippen LogP contribution is 2.22. The van der Waals surface area contributed by atoms with Crippen molar-refractivity contribution < 1.29 is 13.2 Å². The lowest BCUT2D eigenvalue weighted by atomic mass is 9.89. The van der Waals surface area contributed by atoms with Gasteiger partial charge < -0.3 is 10.2 Å². The van der Waals surface area contributed by atoms with E-state index in [9.17, 15) is 13.2 Å². The molecule has 0 spiro atoms. The molecule has 0 radical (unpaired) electrons. The number of rotatable bonds is 3. The predicted molar refractivity (Wildman–Crippen MR) is 81.0 cm³/mol. The zero-order valence-corrected chi connectivity index (χ0v) is 13.9. The molecule has 2 saturated heterocycles. The van der Waals surface area contributed by atoms with Crippen molar-refractivity contribution in [2.45, 2.75) is 31.7 Å². The minimum absolute atomic E-state index is 0.101. The van der Waals surface area contributed by atoms with Crippen molar-refractivity contribution in [2.75, 3.05) is 46.8 Å². The Morgan fingerprint density at radius 3 is 2.24 bits per heavy atom. The van der Waals surface area contributed by atoms with Gasteiger partial charge in [0.05, 0.1) is 5.54 Å². The average Bonchev–Trinajstić information content (AvgIpc) is 2.47. The lowest BCUT2D eigenvalue weighted by Gasteiger charge is -2.41. The van der Waals surface area contributed by atoms with Gasteiger partial charge in [0.1, 0.15) is 0 Å². The zero-order valence-electron chi connectivity index (χ0n) is 13.1. The summed E-state index contributed by atoms with van der Waals surface area (Å²) in [5.74, 6) is 0.101. The molecule has 1 unspecified atom stereocenters. The molecule has 7 nitrogen and oxygen atoms in total. The van der Waals surface area contributed by atoms with Gasteiger partial charge in [0.2, 0.25) is 5.91 Å². The molecule has 2 rings (SSSR count). The summed E-state index contributed by atoms with van der Waals surface area (Å²) in [6, 6.07) is 0. The van der Waals surface area contributed by atoms with Gasteiger partial charge in [-0.15, -0.1) is 0 Å². The predicted octanol–water partition coefficient (Wildman–Crippen LogP) is -0.531. The fourth-order valence-electron chi connectivity index (χ4n) is 2.94. The summed E-state index contributed by atoms with van der Waals surface area (Å²) in [6.45, 7) is 4.48. The number of carbonyl (C=O) groups excluding carboxylic acids is 1. The topological polar surface area (TPSA) is 73.0 Å². The summed E-state index contributed by atoms with van der Waals surface area (Å²) in [5.41, 5.74) is -0.485. The molecule has 1 N–H and O–H groups in total. The summed E-state index contributed by atoms with van der Waals surface area (Å²) in [5, 5.41) is 3.32. The minimum atomic E-state index is -3.38. The molecule has 0 aromatic carbocycles. The number of piperazine rings is 1. The van der Waals surface area contributed by atoms with Gasteiger partial charge in [0.15, 0.2) is 0 Å². The molecular formula is C13H26N4O3S. The average molecular weight is 318 g/mol. The largest absolute Gasteiger partial charge is 0.338 e. The van der Waals surface area contributed by atoms with Crippen LogP contribution in [0.1, 0.15) is 26.2 Å². The Labute approximate surface area is 127 Å². The van der Waals surface area contributed by atoms with Crippen LogP contribution in [0, 0.1) is 0 Å². The highest BCUT2D eigenvalue weighted by atomic mass is 32.2. The van der Waals surface area contributed by atoms with Crippen LogP contribution < -0.4 is 5.32 Å². The fraction of sp³-hybridized carbons (Fsp3) is 0.923. The Kier molecular flexibility index (Phi) is 4.92. The van der Waals surface area contributed by atoms with Crippen LogP contribution in [0.15, 0.2) is 0 Å². The highest BCUT2D eigenvalue weighted by Gasteiger charge is 2.39. The first-order chi connectivity index (χ1) is 9.77. The van der Waals surface area contributed by atoms with Crippen LogP contribution in [0.2, 0.25) is 0 Å². The van der Waals surface area contributed by atoms with Crippen LogP contribution in [-0.4, -0.2) is 80.2 Å². The molecule has 0 aromatic rings. The van der Waals surface area contributed by atoms with Gasteiger partial charge in [0, 0.05) is 40.3 Å².